The second-order valence-electron chi connectivity index (χ2n) is 11.1. The minimum Gasteiger partial charge on any atom is -0.463 e. The summed E-state index contributed by atoms with van der Waals surface area (Å²) in [5.41, 5.74) is 1.10. The number of esters is 1. The van der Waals surface area contributed by atoms with Crippen LogP contribution in [0.1, 0.15) is 92.4 Å². The Morgan fingerprint density at radius 1 is 0.923 bits per heavy atom. The van der Waals surface area contributed by atoms with Crippen LogP contribution in [0.3, 0.4) is 0 Å². The number of carbonyl (C=O) groups excluding carboxylic acids is 1. The molecule has 4 rings (SSSR count). The molecule has 2 nitrogen and oxygen atoms in total. The quantitative estimate of drug-likeness (QED) is 0.545. The topological polar surface area (TPSA) is 26.3 Å². The fourth-order valence-corrected chi connectivity index (χ4v) is 8.70. The molecule has 148 valence electrons. The van der Waals surface area contributed by atoms with E-state index in [0.717, 1.165) is 48.3 Å². The summed E-state index contributed by atoms with van der Waals surface area (Å²) in [6.45, 7) is 11.7. The molecule has 0 aromatic rings. The first-order valence-corrected chi connectivity index (χ1v) is 11.4. The van der Waals surface area contributed by atoms with Crippen molar-refractivity contribution in [2.24, 2.45) is 46.3 Å². The van der Waals surface area contributed by atoms with Crippen molar-refractivity contribution in [1.82, 2.24) is 0 Å². The van der Waals surface area contributed by atoms with Gasteiger partial charge in [0.25, 0.3) is 0 Å². The normalized spacial score (nSPS) is 50.7. The fourth-order valence-electron chi connectivity index (χ4n) is 8.70. The van der Waals surface area contributed by atoms with E-state index in [-0.39, 0.29) is 12.1 Å². The Hall–Kier alpha value is -0.530. The highest BCUT2D eigenvalue weighted by Gasteiger charge is 2.60. The van der Waals surface area contributed by atoms with Gasteiger partial charge in [0, 0.05) is 6.92 Å². The smallest absolute Gasteiger partial charge is 0.302 e. The number of hydrogen-bond acceptors (Lipinski definition) is 2. The van der Waals surface area contributed by atoms with Crippen molar-refractivity contribution in [3.05, 3.63) is 0 Å². The SMILES string of the molecule is CC(=O)O[C@H]1CC[C@@]2(C)[C@@H](CC[C@@H]3[C@@H]2CC[C@]2(C)[C@@H](C(C)C)CC[C@@H]32)C1. The maximum atomic E-state index is 11.4. The number of rotatable bonds is 2. The lowest BCUT2D eigenvalue weighted by atomic mass is 9.44. The monoisotopic (exact) mass is 360 g/mol. The molecule has 0 aromatic carbocycles. The van der Waals surface area contributed by atoms with Crippen LogP contribution in [0.25, 0.3) is 0 Å². The van der Waals surface area contributed by atoms with E-state index in [4.69, 9.17) is 4.74 Å². The predicted molar refractivity (Wildman–Crippen MR) is 106 cm³/mol. The van der Waals surface area contributed by atoms with Gasteiger partial charge in [0.05, 0.1) is 0 Å². The van der Waals surface area contributed by atoms with Crippen molar-refractivity contribution in [2.75, 3.05) is 0 Å². The fraction of sp³-hybridized carbons (Fsp3) is 0.958. The van der Waals surface area contributed by atoms with Gasteiger partial charge in [-0.3, -0.25) is 4.79 Å². The molecule has 0 aromatic heterocycles. The summed E-state index contributed by atoms with van der Waals surface area (Å²) in [5.74, 6) is 5.32. The predicted octanol–water partition coefficient (Wildman–Crippen LogP) is 6.23. The molecule has 0 aliphatic heterocycles. The minimum atomic E-state index is -0.0913. The molecule has 4 saturated carbocycles. The van der Waals surface area contributed by atoms with Gasteiger partial charge in [-0.25, -0.2) is 0 Å². The van der Waals surface area contributed by atoms with E-state index >= 15 is 0 Å². The van der Waals surface area contributed by atoms with Crippen LogP contribution in [0.2, 0.25) is 0 Å². The minimum absolute atomic E-state index is 0.0913. The molecule has 0 amide bonds. The highest BCUT2D eigenvalue weighted by Crippen LogP contribution is 2.68. The number of ether oxygens (including phenoxy) is 1. The van der Waals surface area contributed by atoms with Crippen LogP contribution in [0.4, 0.5) is 0 Å². The van der Waals surface area contributed by atoms with Crippen molar-refractivity contribution >= 4 is 5.97 Å². The Balaban J connectivity index is 1.53. The van der Waals surface area contributed by atoms with Gasteiger partial charge < -0.3 is 4.74 Å². The van der Waals surface area contributed by atoms with Gasteiger partial charge in [-0.05, 0) is 104 Å². The molecule has 0 saturated heterocycles. The van der Waals surface area contributed by atoms with Crippen molar-refractivity contribution in [1.29, 1.82) is 0 Å². The third-order valence-corrected chi connectivity index (χ3v) is 9.83. The maximum absolute atomic E-state index is 11.4. The lowest BCUT2D eigenvalue weighted by Crippen LogP contribution is -2.54. The van der Waals surface area contributed by atoms with E-state index in [1.54, 1.807) is 6.92 Å². The van der Waals surface area contributed by atoms with Crippen LogP contribution in [-0.4, -0.2) is 12.1 Å². The van der Waals surface area contributed by atoms with Crippen LogP contribution in [0.15, 0.2) is 0 Å². The van der Waals surface area contributed by atoms with Crippen molar-refractivity contribution < 1.29 is 9.53 Å². The Morgan fingerprint density at radius 2 is 1.62 bits per heavy atom. The van der Waals surface area contributed by atoms with Gasteiger partial charge in [-0.1, -0.05) is 27.7 Å². The van der Waals surface area contributed by atoms with Gasteiger partial charge in [-0.15, -0.1) is 0 Å². The lowest BCUT2D eigenvalue weighted by Gasteiger charge is -2.61. The van der Waals surface area contributed by atoms with Crippen LogP contribution in [0, 0.1) is 46.3 Å². The molecule has 4 aliphatic carbocycles. The first kappa shape index (κ1) is 18.8. The van der Waals surface area contributed by atoms with Gasteiger partial charge in [-0.2, -0.15) is 0 Å². The summed E-state index contributed by atoms with van der Waals surface area (Å²) in [6.07, 6.45) is 12.3. The zero-order valence-electron chi connectivity index (χ0n) is 17.7. The second-order valence-corrected chi connectivity index (χ2v) is 11.1. The molecule has 0 bridgehead atoms. The summed E-state index contributed by atoms with van der Waals surface area (Å²) in [7, 11) is 0. The van der Waals surface area contributed by atoms with Crippen LogP contribution >= 0.6 is 0 Å². The summed E-state index contributed by atoms with van der Waals surface area (Å²) in [4.78, 5) is 11.4. The van der Waals surface area contributed by atoms with Crippen LogP contribution in [-0.2, 0) is 9.53 Å². The summed E-state index contributed by atoms with van der Waals surface area (Å²) in [6, 6.07) is 0. The first-order valence-electron chi connectivity index (χ1n) is 11.4. The maximum Gasteiger partial charge on any atom is 0.302 e. The van der Waals surface area contributed by atoms with Crippen LogP contribution in [0.5, 0.6) is 0 Å². The van der Waals surface area contributed by atoms with Crippen molar-refractivity contribution in [3.63, 3.8) is 0 Å². The average molecular weight is 361 g/mol. The van der Waals surface area contributed by atoms with Gasteiger partial charge in [0.15, 0.2) is 0 Å². The third kappa shape index (κ3) is 2.76. The second kappa shape index (κ2) is 6.52. The molecule has 4 aliphatic rings. The molecule has 0 spiro atoms. The molecule has 8 atom stereocenters. The Kier molecular flexibility index (Phi) is 4.72. The largest absolute Gasteiger partial charge is 0.463 e. The molecule has 2 heteroatoms. The molecule has 26 heavy (non-hydrogen) atoms. The van der Waals surface area contributed by atoms with E-state index in [1.165, 1.54) is 44.9 Å². The Labute approximate surface area is 160 Å². The Morgan fingerprint density at radius 3 is 2.31 bits per heavy atom. The van der Waals surface area contributed by atoms with Gasteiger partial charge >= 0.3 is 5.97 Å². The van der Waals surface area contributed by atoms with E-state index in [9.17, 15) is 4.79 Å². The molecular weight excluding hydrogens is 320 g/mol. The van der Waals surface area contributed by atoms with Gasteiger partial charge in [0.2, 0.25) is 0 Å². The van der Waals surface area contributed by atoms with Crippen molar-refractivity contribution in [2.45, 2.75) is 98.5 Å². The molecule has 0 unspecified atom stereocenters. The standard InChI is InChI=1S/C24H40O2/c1-15(2)20-8-9-21-19-7-6-17-14-18(26-16(3)25)10-12-23(17,4)22(19)11-13-24(20,21)5/h15,17-22H,6-14H2,1-5H3/t17-,18-,19-,20+,21-,22-,23-,24+/m0/s1. The molecule has 4 fully saturated rings. The molecular formula is C24H40O2. The Bertz CT molecular complexity index is 554. The molecule has 0 heterocycles. The number of hydrogen-bond donors (Lipinski definition) is 0. The number of fused-ring (bicyclic) bond motifs is 5. The molecule has 0 radical (unpaired) electrons. The van der Waals surface area contributed by atoms with E-state index in [0.29, 0.717) is 10.8 Å². The lowest BCUT2D eigenvalue weighted by molar-refractivity contribution is -0.160. The highest BCUT2D eigenvalue weighted by molar-refractivity contribution is 5.66. The van der Waals surface area contributed by atoms with E-state index < -0.39 is 0 Å². The summed E-state index contributed by atoms with van der Waals surface area (Å²) < 4.78 is 5.61. The van der Waals surface area contributed by atoms with E-state index in [2.05, 4.69) is 27.7 Å². The van der Waals surface area contributed by atoms with Gasteiger partial charge in [0.1, 0.15) is 6.10 Å². The third-order valence-electron chi connectivity index (χ3n) is 9.83. The van der Waals surface area contributed by atoms with Crippen molar-refractivity contribution in [3.8, 4) is 0 Å². The molecule has 0 N–H and O–H groups in total. The first-order chi connectivity index (χ1) is 12.3. The average Bonchev–Trinajstić information content (AvgIpc) is 2.92. The summed E-state index contributed by atoms with van der Waals surface area (Å²) in [5, 5.41) is 0. The number of carbonyl (C=O) groups is 1. The highest BCUT2D eigenvalue weighted by atomic mass is 16.5. The van der Waals surface area contributed by atoms with Crippen LogP contribution < -0.4 is 0 Å². The zero-order valence-corrected chi connectivity index (χ0v) is 17.7. The summed E-state index contributed by atoms with van der Waals surface area (Å²) >= 11 is 0. The zero-order chi connectivity index (χ0) is 18.7. The van der Waals surface area contributed by atoms with E-state index in [1.807, 2.05) is 0 Å².